The molecule has 2 rings (SSSR count). The van der Waals surface area contributed by atoms with Gasteiger partial charge in [-0.1, -0.05) is 31.2 Å². The van der Waals surface area contributed by atoms with Crippen molar-refractivity contribution >= 4 is 5.82 Å². The molecule has 1 aromatic heterocycles. The van der Waals surface area contributed by atoms with E-state index in [1.165, 1.54) is 11.1 Å². The summed E-state index contributed by atoms with van der Waals surface area (Å²) in [6.07, 6.45) is 0.895. The van der Waals surface area contributed by atoms with Crippen molar-refractivity contribution in [2.45, 2.75) is 20.3 Å². The molecular weight excluding hydrogens is 186 g/mol. The minimum atomic E-state index is 0.607. The van der Waals surface area contributed by atoms with Crippen molar-refractivity contribution in [2.75, 3.05) is 5.73 Å². The van der Waals surface area contributed by atoms with Gasteiger partial charge in [0.25, 0.3) is 0 Å². The largest absolute Gasteiger partial charge is 0.382 e. The van der Waals surface area contributed by atoms with Crippen molar-refractivity contribution in [3.05, 3.63) is 35.4 Å². The lowest BCUT2D eigenvalue weighted by atomic mass is 10.0. The van der Waals surface area contributed by atoms with Crippen molar-refractivity contribution < 1.29 is 0 Å². The molecule has 15 heavy (non-hydrogen) atoms. The number of hydrogen-bond donors (Lipinski definition) is 2. The molecule has 3 N–H and O–H groups in total. The Morgan fingerprint density at radius 3 is 2.73 bits per heavy atom. The van der Waals surface area contributed by atoms with Gasteiger partial charge in [0.05, 0.1) is 5.69 Å². The molecule has 0 aliphatic heterocycles. The highest BCUT2D eigenvalue weighted by molar-refractivity contribution is 5.70. The predicted octanol–water partition coefficient (Wildman–Crippen LogP) is 2.53. The van der Waals surface area contributed by atoms with Gasteiger partial charge >= 0.3 is 0 Å². The fourth-order valence-corrected chi connectivity index (χ4v) is 1.81. The number of rotatable bonds is 2. The lowest BCUT2D eigenvalue weighted by molar-refractivity contribution is 1.10. The third-order valence-corrected chi connectivity index (χ3v) is 2.67. The van der Waals surface area contributed by atoms with Crippen LogP contribution in [-0.4, -0.2) is 10.2 Å². The van der Waals surface area contributed by atoms with Crippen molar-refractivity contribution in [3.63, 3.8) is 0 Å². The Morgan fingerprint density at radius 1 is 1.33 bits per heavy atom. The van der Waals surface area contributed by atoms with Crippen LogP contribution in [0.15, 0.2) is 24.3 Å². The van der Waals surface area contributed by atoms with Crippen LogP contribution in [0.2, 0.25) is 0 Å². The first-order chi connectivity index (χ1) is 7.24. The van der Waals surface area contributed by atoms with Gasteiger partial charge in [0, 0.05) is 11.1 Å². The molecule has 0 unspecified atom stereocenters. The second-order valence-corrected chi connectivity index (χ2v) is 3.63. The number of benzene rings is 1. The Bertz CT molecular complexity index is 471. The van der Waals surface area contributed by atoms with Gasteiger partial charge in [-0.05, 0) is 18.9 Å². The molecule has 0 spiro atoms. The van der Waals surface area contributed by atoms with Crippen LogP contribution in [0.3, 0.4) is 0 Å². The Hall–Kier alpha value is -1.77. The van der Waals surface area contributed by atoms with E-state index >= 15 is 0 Å². The molecule has 0 aliphatic rings. The third-order valence-electron chi connectivity index (χ3n) is 2.67. The Labute approximate surface area is 89.3 Å². The van der Waals surface area contributed by atoms with Gasteiger partial charge in [0.2, 0.25) is 0 Å². The lowest BCUT2D eigenvalue weighted by Crippen LogP contribution is -1.91. The summed E-state index contributed by atoms with van der Waals surface area (Å²) in [6, 6.07) is 8.23. The summed E-state index contributed by atoms with van der Waals surface area (Å²) in [5.74, 6) is 0.607. The molecule has 0 aliphatic carbocycles. The molecule has 3 nitrogen and oxygen atoms in total. The first-order valence-electron chi connectivity index (χ1n) is 5.12. The van der Waals surface area contributed by atoms with E-state index in [2.05, 4.69) is 36.2 Å². The number of nitrogens with two attached hydrogens (primary N) is 1. The van der Waals surface area contributed by atoms with E-state index in [1.54, 1.807) is 0 Å². The zero-order valence-corrected chi connectivity index (χ0v) is 9.04. The number of nitrogens with one attached hydrogen (secondary N) is 1. The zero-order chi connectivity index (χ0) is 10.8. The highest BCUT2D eigenvalue weighted by Crippen LogP contribution is 2.27. The number of nitrogen functional groups attached to an aromatic ring is 1. The van der Waals surface area contributed by atoms with Crippen LogP contribution < -0.4 is 5.73 Å². The molecule has 78 valence electrons. The molecule has 1 aromatic carbocycles. The maximum Gasteiger partial charge on any atom is 0.149 e. The average Bonchev–Trinajstić information content (AvgIpc) is 2.60. The van der Waals surface area contributed by atoms with Crippen LogP contribution in [-0.2, 0) is 6.42 Å². The molecule has 0 saturated heterocycles. The van der Waals surface area contributed by atoms with Crippen LogP contribution in [0, 0.1) is 6.92 Å². The zero-order valence-electron chi connectivity index (χ0n) is 9.04. The van der Waals surface area contributed by atoms with Crippen molar-refractivity contribution in [3.8, 4) is 11.3 Å². The molecule has 1 heterocycles. The van der Waals surface area contributed by atoms with Gasteiger partial charge in [-0.15, -0.1) is 0 Å². The monoisotopic (exact) mass is 201 g/mol. The summed E-state index contributed by atoms with van der Waals surface area (Å²) in [5.41, 5.74) is 10.4. The predicted molar refractivity (Wildman–Crippen MR) is 62.6 cm³/mol. The van der Waals surface area contributed by atoms with Crippen LogP contribution in [0.5, 0.6) is 0 Å². The van der Waals surface area contributed by atoms with Gasteiger partial charge in [-0.3, -0.25) is 5.10 Å². The standard InChI is InChI=1S/C12H15N3/c1-3-9-11(14-15-12(9)13)10-7-5-4-6-8(10)2/h4-7H,3H2,1-2H3,(H3,13,14,15). The number of hydrogen-bond acceptors (Lipinski definition) is 2. The minimum absolute atomic E-state index is 0.607. The number of aryl methyl sites for hydroxylation is 1. The molecule has 0 fully saturated rings. The molecule has 0 atom stereocenters. The molecule has 3 heteroatoms. The van der Waals surface area contributed by atoms with Crippen LogP contribution >= 0.6 is 0 Å². The quantitative estimate of drug-likeness (QED) is 0.784. The van der Waals surface area contributed by atoms with Crippen molar-refractivity contribution in [1.82, 2.24) is 10.2 Å². The second kappa shape index (κ2) is 3.77. The summed E-state index contributed by atoms with van der Waals surface area (Å²) in [6.45, 7) is 4.18. The number of aromatic amines is 1. The van der Waals surface area contributed by atoms with E-state index in [1.807, 2.05) is 12.1 Å². The highest BCUT2D eigenvalue weighted by atomic mass is 15.2. The Balaban J connectivity index is 2.59. The van der Waals surface area contributed by atoms with Crippen LogP contribution in [0.4, 0.5) is 5.82 Å². The van der Waals surface area contributed by atoms with Gasteiger partial charge in [0.15, 0.2) is 0 Å². The van der Waals surface area contributed by atoms with Crippen LogP contribution in [0.25, 0.3) is 11.3 Å². The summed E-state index contributed by atoms with van der Waals surface area (Å²) >= 11 is 0. The summed E-state index contributed by atoms with van der Waals surface area (Å²) < 4.78 is 0. The Morgan fingerprint density at radius 2 is 2.07 bits per heavy atom. The summed E-state index contributed by atoms with van der Waals surface area (Å²) in [7, 11) is 0. The lowest BCUT2D eigenvalue weighted by Gasteiger charge is -2.04. The van der Waals surface area contributed by atoms with Crippen molar-refractivity contribution in [1.29, 1.82) is 0 Å². The van der Waals surface area contributed by atoms with Gasteiger partial charge in [0.1, 0.15) is 5.82 Å². The maximum absolute atomic E-state index is 5.80. The molecule has 0 bridgehead atoms. The van der Waals surface area contributed by atoms with E-state index in [4.69, 9.17) is 5.73 Å². The van der Waals surface area contributed by atoms with Gasteiger partial charge in [-0.2, -0.15) is 5.10 Å². The maximum atomic E-state index is 5.80. The molecule has 0 amide bonds. The molecule has 0 radical (unpaired) electrons. The van der Waals surface area contributed by atoms with Crippen molar-refractivity contribution in [2.24, 2.45) is 0 Å². The van der Waals surface area contributed by atoms with E-state index in [-0.39, 0.29) is 0 Å². The highest BCUT2D eigenvalue weighted by Gasteiger charge is 2.11. The summed E-state index contributed by atoms with van der Waals surface area (Å²) in [5, 5.41) is 7.06. The first-order valence-corrected chi connectivity index (χ1v) is 5.12. The normalized spacial score (nSPS) is 10.5. The fraction of sp³-hybridized carbons (Fsp3) is 0.250. The molecular formula is C12H15N3. The van der Waals surface area contributed by atoms with E-state index in [0.29, 0.717) is 5.82 Å². The van der Waals surface area contributed by atoms with E-state index in [0.717, 1.165) is 17.7 Å². The third kappa shape index (κ3) is 1.61. The molecule has 2 aromatic rings. The summed E-state index contributed by atoms with van der Waals surface area (Å²) in [4.78, 5) is 0. The van der Waals surface area contributed by atoms with E-state index in [9.17, 15) is 0 Å². The fourth-order valence-electron chi connectivity index (χ4n) is 1.81. The SMILES string of the molecule is CCc1c(N)n[nH]c1-c1ccccc1C. The minimum Gasteiger partial charge on any atom is -0.382 e. The number of aromatic nitrogens is 2. The van der Waals surface area contributed by atoms with Crippen LogP contribution in [0.1, 0.15) is 18.1 Å². The topological polar surface area (TPSA) is 54.7 Å². The number of anilines is 1. The number of H-pyrrole nitrogens is 1. The number of nitrogens with zero attached hydrogens (tertiary/aromatic N) is 1. The first kappa shape index (κ1) is 9.77. The molecule has 0 saturated carbocycles. The Kier molecular flexibility index (Phi) is 2.46. The smallest absolute Gasteiger partial charge is 0.149 e. The second-order valence-electron chi connectivity index (χ2n) is 3.63. The van der Waals surface area contributed by atoms with E-state index < -0.39 is 0 Å². The van der Waals surface area contributed by atoms with Gasteiger partial charge in [-0.25, -0.2) is 0 Å². The average molecular weight is 201 g/mol. The van der Waals surface area contributed by atoms with Gasteiger partial charge < -0.3 is 5.73 Å².